The van der Waals surface area contributed by atoms with E-state index in [0.717, 1.165) is 24.7 Å². The second kappa shape index (κ2) is 5.55. The van der Waals surface area contributed by atoms with Gasteiger partial charge in [0.2, 0.25) is 0 Å². The number of nitrogens with zero attached hydrogens (tertiary/aromatic N) is 3. The monoisotopic (exact) mass is 255 g/mol. The van der Waals surface area contributed by atoms with Crippen LogP contribution in [0.3, 0.4) is 0 Å². The third-order valence-electron chi connectivity index (χ3n) is 2.95. The molecule has 5 nitrogen and oxygen atoms in total. The first-order chi connectivity index (χ1) is 8.16. The summed E-state index contributed by atoms with van der Waals surface area (Å²) in [5.74, 6) is -0.732. The molecule has 6 heteroatoms. The molecule has 1 aromatic rings. The van der Waals surface area contributed by atoms with Gasteiger partial charge in [-0.2, -0.15) is 0 Å². The molecular formula is C11H17N3O2S. The van der Waals surface area contributed by atoms with E-state index in [2.05, 4.69) is 21.5 Å². The molecule has 94 valence electrons. The largest absolute Gasteiger partial charge is 0.481 e. The first kappa shape index (κ1) is 12.4. The van der Waals surface area contributed by atoms with Gasteiger partial charge in [0.1, 0.15) is 0 Å². The number of aromatic nitrogens is 2. The molecule has 1 aromatic heterocycles. The average Bonchev–Trinajstić information content (AvgIpc) is 2.74. The van der Waals surface area contributed by atoms with E-state index < -0.39 is 5.97 Å². The van der Waals surface area contributed by atoms with Gasteiger partial charge in [-0.15, -0.1) is 0 Å². The van der Waals surface area contributed by atoms with E-state index in [-0.39, 0.29) is 5.75 Å². The van der Waals surface area contributed by atoms with Gasteiger partial charge in [0.05, 0.1) is 5.75 Å². The number of likely N-dealkylation sites (tertiary alicyclic amines) is 1. The minimum atomic E-state index is -0.801. The minimum absolute atomic E-state index is 0.0690. The van der Waals surface area contributed by atoms with Crippen LogP contribution in [0.1, 0.15) is 18.9 Å². The molecule has 0 saturated carbocycles. The molecule has 1 saturated heterocycles. The van der Waals surface area contributed by atoms with Gasteiger partial charge in [-0.1, -0.05) is 11.8 Å². The van der Waals surface area contributed by atoms with Gasteiger partial charge < -0.3 is 14.6 Å². The fraction of sp³-hybridized carbons (Fsp3) is 0.636. The molecule has 0 bridgehead atoms. The van der Waals surface area contributed by atoms with Crippen molar-refractivity contribution in [3.63, 3.8) is 0 Å². The number of carboxylic acids is 1. The summed E-state index contributed by atoms with van der Waals surface area (Å²) < 4.78 is 2.11. The molecule has 0 aliphatic carbocycles. The zero-order chi connectivity index (χ0) is 12.3. The van der Waals surface area contributed by atoms with Crippen molar-refractivity contribution in [2.24, 2.45) is 0 Å². The standard InChI is InChI=1S/C11H17N3O2S/c1-13-5-2-3-9(7-13)14-6-4-12-11(14)17-8-10(15)16/h4,6,9H,2-3,5,7-8H2,1H3,(H,15,16). The summed E-state index contributed by atoms with van der Waals surface area (Å²) in [5.41, 5.74) is 0. The summed E-state index contributed by atoms with van der Waals surface area (Å²) >= 11 is 1.29. The van der Waals surface area contributed by atoms with Gasteiger partial charge in [-0.05, 0) is 26.4 Å². The number of carbonyl (C=O) groups is 1. The number of piperidine rings is 1. The Bertz CT molecular complexity index is 394. The fourth-order valence-electron chi connectivity index (χ4n) is 2.18. The third kappa shape index (κ3) is 3.23. The Hall–Kier alpha value is -1.01. The molecule has 1 aliphatic rings. The van der Waals surface area contributed by atoms with E-state index in [1.165, 1.54) is 18.2 Å². The Balaban J connectivity index is 2.04. The lowest BCUT2D eigenvalue weighted by Gasteiger charge is -2.31. The molecule has 0 spiro atoms. The Morgan fingerprint density at radius 1 is 1.71 bits per heavy atom. The summed E-state index contributed by atoms with van der Waals surface area (Å²) in [4.78, 5) is 17.1. The summed E-state index contributed by atoms with van der Waals surface area (Å²) in [6.07, 6.45) is 6.02. The molecule has 2 rings (SSSR count). The van der Waals surface area contributed by atoms with Gasteiger partial charge in [0, 0.05) is 25.0 Å². The highest BCUT2D eigenvalue weighted by atomic mass is 32.2. The number of hydrogen-bond acceptors (Lipinski definition) is 4. The summed E-state index contributed by atoms with van der Waals surface area (Å²) in [7, 11) is 2.12. The lowest BCUT2D eigenvalue weighted by Crippen LogP contribution is -2.33. The second-order valence-corrected chi connectivity index (χ2v) is 5.30. The molecule has 0 aromatic carbocycles. The van der Waals surface area contributed by atoms with Crippen molar-refractivity contribution in [2.75, 3.05) is 25.9 Å². The molecule has 1 aliphatic heterocycles. The smallest absolute Gasteiger partial charge is 0.313 e. The van der Waals surface area contributed by atoms with Crippen LogP contribution in [0, 0.1) is 0 Å². The number of hydrogen-bond donors (Lipinski definition) is 1. The first-order valence-electron chi connectivity index (χ1n) is 5.73. The molecular weight excluding hydrogens is 238 g/mol. The quantitative estimate of drug-likeness (QED) is 0.822. The van der Waals surface area contributed by atoms with E-state index >= 15 is 0 Å². The van der Waals surface area contributed by atoms with E-state index in [0.29, 0.717) is 6.04 Å². The minimum Gasteiger partial charge on any atom is -0.481 e. The fourth-order valence-corrected chi connectivity index (χ4v) is 2.93. The van der Waals surface area contributed by atoms with Crippen molar-refractivity contribution in [3.05, 3.63) is 12.4 Å². The predicted molar refractivity (Wildman–Crippen MR) is 66.4 cm³/mol. The van der Waals surface area contributed by atoms with Crippen LogP contribution in [-0.2, 0) is 4.79 Å². The Morgan fingerprint density at radius 2 is 2.53 bits per heavy atom. The van der Waals surface area contributed by atoms with Gasteiger partial charge >= 0.3 is 5.97 Å². The van der Waals surface area contributed by atoms with E-state index in [1.54, 1.807) is 6.20 Å². The maximum absolute atomic E-state index is 10.6. The van der Waals surface area contributed by atoms with Gasteiger partial charge in [-0.25, -0.2) is 4.98 Å². The lowest BCUT2D eigenvalue weighted by atomic mass is 10.1. The summed E-state index contributed by atoms with van der Waals surface area (Å²) in [5, 5.41) is 9.50. The highest BCUT2D eigenvalue weighted by Crippen LogP contribution is 2.26. The van der Waals surface area contributed by atoms with Crippen LogP contribution in [0.2, 0.25) is 0 Å². The van der Waals surface area contributed by atoms with Crippen LogP contribution < -0.4 is 0 Å². The third-order valence-corrected chi connectivity index (χ3v) is 3.92. The number of imidazole rings is 1. The van der Waals surface area contributed by atoms with Gasteiger partial charge in [-0.3, -0.25) is 4.79 Å². The zero-order valence-electron chi connectivity index (χ0n) is 9.87. The normalized spacial score (nSPS) is 21.6. The molecule has 1 N–H and O–H groups in total. The van der Waals surface area contributed by atoms with Gasteiger partial charge in [0.15, 0.2) is 5.16 Å². The van der Waals surface area contributed by atoms with Crippen LogP contribution in [-0.4, -0.2) is 51.4 Å². The molecule has 1 atom stereocenters. The number of thioether (sulfide) groups is 1. The Kier molecular flexibility index (Phi) is 4.06. The number of carboxylic acid groups (broad SMARTS) is 1. The summed E-state index contributed by atoms with van der Waals surface area (Å²) in [6.45, 7) is 2.15. The molecule has 1 unspecified atom stereocenters. The predicted octanol–water partition coefficient (Wildman–Crippen LogP) is 1.33. The van der Waals surface area contributed by atoms with Crippen LogP contribution in [0.15, 0.2) is 17.6 Å². The number of rotatable bonds is 4. The lowest BCUT2D eigenvalue weighted by molar-refractivity contribution is -0.133. The van der Waals surface area contributed by atoms with Crippen LogP contribution in [0.5, 0.6) is 0 Å². The maximum atomic E-state index is 10.6. The Morgan fingerprint density at radius 3 is 3.24 bits per heavy atom. The molecule has 2 heterocycles. The van der Waals surface area contributed by atoms with Crippen molar-refractivity contribution in [2.45, 2.75) is 24.0 Å². The first-order valence-corrected chi connectivity index (χ1v) is 6.71. The highest BCUT2D eigenvalue weighted by molar-refractivity contribution is 7.99. The van der Waals surface area contributed by atoms with Crippen LogP contribution in [0.25, 0.3) is 0 Å². The highest BCUT2D eigenvalue weighted by Gasteiger charge is 2.21. The Labute approximate surface area is 105 Å². The van der Waals surface area contributed by atoms with Crippen molar-refractivity contribution in [3.8, 4) is 0 Å². The average molecular weight is 255 g/mol. The summed E-state index contributed by atoms with van der Waals surface area (Å²) in [6, 6.07) is 0.424. The van der Waals surface area contributed by atoms with Crippen molar-refractivity contribution in [1.29, 1.82) is 0 Å². The number of aliphatic carboxylic acids is 1. The van der Waals surface area contributed by atoms with E-state index in [1.807, 2.05) is 6.20 Å². The maximum Gasteiger partial charge on any atom is 0.313 e. The van der Waals surface area contributed by atoms with E-state index in [4.69, 9.17) is 5.11 Å². The van der Waals surface area contributed by atoms with Crippen LogP contribution in [0.4, 0.5) is 0 Å². The topological polar surface area (TPSA) is 58.4 Å². The SMILES string of the molecule is CN1CCCC(n2ccnc2SCC(=O)O)C1. The molecule has 0 amide bonds. The molecule has 0 radical (unpaired) electrons. The van der Waals surface area contributed by atoms with Crippen molar-refractivity contribution in [1.82, 2.24) is 14.5 Å². The molecule has 1 fully saturated rings. The van der Waals surface area contributed by atoms with Gasteiger partial charge in [0.25, 0.3) is 0 Å². The van der Waals surface area contributed by atoms with Crippen LogP contribution >= 0.6 is 11.8 Å². The number of likely N-dealkylation sites (N-methyl/N-ethyl adjacent to an activating group) is 1. The second-order valence-electron chi connectivity index (χ2n) is 4.36. The molecule has 17 heavy (non-hydrogen) atoms. The van der Waals surface area contributed by atoms with Crippen molar-refractivity contribution >= 4 is 17.7 Å². The van der Waals surface area contributed by atoms with Crippen molar-refractivity contribution < 1.29 is 9.90 Å². The zero-order valence-corrected chi connectivity index (χ0v) is 10.7. The van der Waals surface area contributed by atoms with E-state index in [9.17, 15) is 4.79 Å².